The highest BCUT2D eigenvalue weighted by molar-refractivity contribution is 6.31. The zero-order chi connectivity index (χ0) is 13.0. The molecule has 0 aliphatic heterocycles. The van der Waals surface area contributed by atoms with Gasteiger partial charge in [0.05, 0.1) is 5.03 Å². The Morgan fingerprint density at radius 2 is 2.06 bits per heavy atom. The molecule has 1 unspecified atom stereocenters. The molecule has 0 aliphatic carbocycles. The van der Waals surface area contributed by atoms with Gasteiger partial charge in [0.2, 0.25) is 0 Å². The summed E-state index contributed by atoms with van der Waals surface area (Å²) in [6.07, 6.45) is 1.84. The quantitative estimate of drug-likeness (QED) is 0.769. The van der Waals surface area contributed by atoms with E-state index in [1.807, 2.05) is 13.0 Å². The van der Waals surface area contributed by atoms with Crippen LogP contribution >= 0.6 is 11.6 Å². The smallest absolute Gasteiger partial charge is 0.0588 e. The highest BCUT2D eigenvalue weighted by Crippen LogP contribution is 2.21. The minimum atomic E-state index is 0.205. The molecule has 2 heteroatoms. The second-order valence-corrected chi connectivity index (χ2v) is 4.75. The average Bonchev–Trinajstić information content (AvgIpc) is 2.27. The van der Waals surface area contributed by atoms with Crippen LogP contribution in [0.4, 0.5) is 0 Å². The van der Waals surface area contributed by atoms with E-state index in [2.05, 4.69) is 50.9 Å². The highest BCUT2D eigenvalue weighted by atomic mass is 35.5. The minimum absolute atomic E-state index is 0.205. The van der Waals surface area contributed by atoms with Crippen molar-refractivity contribution in [1.82, 2.24) is 5.32 Å². The molecule has 0 saturated heterocycles. The predicted octanol–water partition coefficient (Wildman–Crippen LogP) is 4.61. The van der Waals surface area contributed by atoms with Gasteiger partial charge in [0.15, 0.2) is 0 Å². The van der Waals surface area contributed by atoms with Crippen LogP contribution in [0.25, 0.3) is 0 Å². The Balaban J connectivity index is 2.83. The van der Waals surface area contributed by atoms with Crippen molar-refractivity contribution in [3.8, 4) is 0 Å². The Kier molecular flexibility index (Phi) is 4.83. The van der Waals surface area contributed by atoms with Crippen LogP contribution in [0.1, 0.15) is 36.6 Å². The summed E-state index contributed by atoms with van der Waals surface area (Å²) in [4.78, 5) is 0. The van der Waals surface area contributed by atoms with Crippen molar-refractivity contribution in [2.45, 2.75) is 33.7 Å². The first kappa shape index (κ1) is 13.9. The lowest BCUT2D eigenvalue weighted by Gasteiger charge is -2.19. The monoisotopic (exact) mass is 249 g/mol. The van der Waals surface area contributed by atoms with Crippen molar-refractivity contribution in [3.63, 3.8) is 0 Å². The first-order valence-corrected chi connectivity index (χ1v) is 6.18. The van der Waals surface area contributed by atoms with Crippen molar-refractivity contribution in [1.29, 1.82) is 0 Å². The van der Waals surface area contributed by atoms with Crippen molar-refractivity contribution < 1.29 is 0 Å². The molecular weight excluding hydrogens is 230 g/mol. The molecule has 0 spiro atoms. The van der Waals surface area contributed by atoms with Crippen LogP contribution in [0.2, 0.25) is 0 Å². The maximum absolute atomic E-state index is 6.01. The van der Waals surface area contributed by atoms with Crippen LogP contribution in [0.3, 0.4) is 0 Å². The second-order valence-electron chi connectivity index (χ2n) is 4.34. The summed E-state index contributed by atoms with van der Waals surface area (Å²) in [5.74, 6) is 0. The molecule has 1 nitrogen and oxygen atoms in total. The summed E-state index contributed by atoms with van der Waals surface area (Å²) in [6.45, 7) is 12.2. The third kappa shape index (κ3) is 3.64. The van der Waals surface area contributed by atoms with Gasteiger partial charge in [-0.25, -0.2) is 0 Å². The van der Waals surface area contributed by atoms with E-state index in [-0.39, 0.29) is 6.04 Å². The van der Waals surface area contributed by atoms with Crippen molar-refractivity contribution >= 4 is 11.6 Å². The number of benzene rings is 1. The molecule has 1 aromatic rings. The van der Waals surface area contributed by atoms with Gasteiger partial charge in [-0.05, 0) is 38.8 Å². The Bertz CT molecular complexity index is 446. The number of hydrogen-bond acceptors (Lipinski definition) is 1. The first-order chi connectivity index (χ1) is 7.95. The standard InChI is InChI=1S/C15H20ClN/c1-6-15(16)13(5)17-12(4)14-8-7-10(2)9-11(14)3/h6-9,12,17H,5H2,1-4H3/b15-6+. The van der Waals surface area contributed by atoms with E-state index in [0.29, 0.717) is 5.03 Å². The summed E-state index contributed by atoms with van der Waals surface area (Å²) in [5, 5.41) is 3.98. The molecule has 1 aromatic carbocycles. The van der Waals surface area contributed by atoms with Crippen molar-refractivity contribution in [3.05, 3.63) is 58.3 Å². The third-order valence-corrected chi connectivity index (χ3v) is 3.27. The molecule has 17 heavy (non-hydrogen) atoms. The number of halogens is 1. The summed E-state index contributed by atoms with van der Waals surface area (Å²) in [5.41, 5.74) is 4.61. The number of nitrogens with one attached hydrogen (secondary N) is 1. The predicted molar refractivity (Wildman–Crippen MR) is 76.2 cm³/mol. The van der Waals surface area contributed by atoms with E-state index in [0.717, 1.165) is 5.70 Å². The van der Waals surface area contributed by atoms with E-state index in [1.54, 1.807) is 0 Å². The normalized spacial score (nSPS) is 13.4. The van der Waals surface area contributed by atoms with Crippen molar-refractivity contribution in [2.75, 3.05) is 0 Å². The molecule has 0 fully saturated rings. The lowest BCUT2D eigenvalue weighted by atomic mass is 10.00. The van der Waals surface area contributed by atoms with E-state index in [9.17, 15) is 0 Å². The Morgan fingerprint density at radius 3 is 2.59 bits per heavy atom. The Morgan fingerprint density at radius 1 is 1.41 bits per heavy atom. The molecule has 0 heterocycles. The zero-order valence-electron chi connectivity index (χ0n) is 11.0. The first-order valence-electron chi connectivity index (χ1n) is 5.80. The summed E-state index contributed by atoms with van der Waals surface area (Å²) < 4.78 is 0. The fraction of sp³-hybridized carbons (Fsp3) is 0.333. The third-order valence-electron chi connectivity index (χ3n) is 2.82. The average molecular weight is 250 g/mol. The maximum Gasteiger partial charge on any atom is 0.0588 e. The maximum atomic E-state index is 6.01. The van der Waals surface area contributed by atoms with E-state index >= 15 is 0 Å². The number of hydrogen-bond donors (Lipinski definition) is 1. The van der Waals surface area contributed by atoms with E-state index < -0.39 is 0 Å². The fourth-order valence-corrected chi connectivity index (χ4v) is 1.95. The van der Waals surface area contributed by atoms with Crippen LogP contribution in [-0.4, -0.2) is 0 Å². The molecule has 92 valence electrons. The second kappa shape index (κ2) is 5.92. The van der Waals surface area contributed by atoms with Crippen LogP contribution in [-0.2, 0) is 0 Å². The molecule has 0 amide bonds. The molecule has 0 bridgehead atoms. The van der Waals surface area contributed by atoms with Gasteiger partial charge in [0.25, 0.3) is 0 Å². The molecule has 0 radical (unpaired) electrons. The van der Waals surface area contributed by atoms with Crippen LogP contribution in [0, 0.1) is 13.8 Å². The van der Waals surface area contributed by atoms with Crippen LogP contribution in [0.15, 0.2) is 41.6 Å². The molecule has 0 saturated carbocycles. The lowest BCUT2D eigenvalue weighted by Crippen LogP contribution is -2.18. The van der Waals surface area contributed by atoms with Crippen LogP contribution in [0.5, 0.6) is 0 Å². The highest BCUT2D eigenvalue weighted by Gasteiger charge is 2.09. The SMILES string of the molecule is C=C(NC(C)c1ccc(C)cc1C)/C(Cl)=C\C. The van der Waals surface area contributed by atoms with Gasteiger partial charge in [-0.3, -0.25) is 0 Å². The number of aryl methyl sites for hydroxylation is 2. The van der Waals surface area contributed by atoms with Gasteiger partial charge in [-0.2, -0.15) is 0 Å². The fourth-order valence-electron chi connectivity index (χ4n) is 1.89. The summed E-state index contributed by atoms with van der Waals surface area (Å²) in [6, 6.07) is 6.67. The van der Waals surface area contributed by atoms with Gasteiger partial charge in [-0.15, -0.1) is 0 Å². The summed E-state index contributed by atoms with van der Waals surface area (Å²) in [7, 11) is 0. The largest absolute Gasteiger partial charge is 0.378 e. The van der Waals surface area contributed by atoms with Crippen molar-refractivity contribution in [2.24, 2.45) is 0 Å². The molecule has 1 atom stereocenters. The number of rotatable bonds is 4. The number of allylic oxidation sites excluding steroid dienone is 2. The van der Waals surface area contributed by atoms with E-state index in [4.69, 9.17) is 11.6 Å². The Hall–Kier alpha value is -1.21. The lowest BCUT2D eigenvalue weighted by molar-refractivity contribution is 0.661. The topological polar surface area (TPSA) is 12.0 Å². The Labute approximate surface area is 109 Å². The summed E-state index contributed by atoms with van der Waals surface area (Å²) >= 11 is 6.01. The van der Waals surface area contributed by atoms with Gasteiger partial charge >= 0.3 is 0 Å². The van der Waals surface area contributed by atoms with Crippen LogP contribution < -0.4 is 5.32 Å². The molecule has 0 aromatic heterocycles. The van der Waals surface area contributed by atoms with Gasteiger partial charge in [0, 0.05) is 11.7 Å². The molecule has 1 N–H and O–H groups in total. The minimum Gasteiger partial charge on any atom is -0.378 e. The molecular formula is C15H20ClN. The zero-order valence-corrected chi connectivity index (χ0v) is 11.7. The van der Waals surface area contributed by atoms with Gasteiger partial charge in [0.1, 0.15) is 0 Å². The van der Waals surface area contributed by atoms with E-state index in [1.165, 1.54) is 16.7 Å². The van der Waals surface area contributed by atoms with Gasteiger partial charge in [-0.1, -0.05) is 48.0 Å². The molecule has 0 aliphatic rings. The van der Waals surface area contributed by atoms with Gasteiger partial charge < -0.3 is 5.32 Å². The molecule has 1 rings (SSSR count).